The van der Waals surface area contributed by atoms with Gasteiger partial charge in [-0.05, 0) is 44.9 Å². The zero-order chi connectivity index (χ0) is 21.1. The molecule has 0 rings (SSSR count). The SMILES string of the molecule is C=CC(=O)OCCCCCOP(=O)(OCCC)OCCCCCOC(=O)C=C. The Morgan fingerprint density at radius 1 is 0.714 bits per heavy atom. The van der Waals surface area contributed by atoms with E-state index in [1.54, 1.807) is 0 Å². The van der Waals surface area contributed by atoms with Crippen LogP contribution in [0.2, 0.25) is 0 Å². The number of carbonyl (C=O) groups excluding carboxylic acids is 2. The fourth-order valence-electron chi connectivity index (χ4n) is 1.89. The van der Waals surface area contributed by atoms with Crippen LogP contribution in [-0.4, -0.2) is 45.0 Å². The lowest BCUT2D eigenvalue weighted by atomic mass is 10.2. The number of ether oxygens (including phenoxy) is 2. The van der Waals surface area contributed by atoms with Crippen molar-refractivity contribution in [2.24, 2.45) is 0 Å². The Kier molecular flexibility index (Phi) is 16.7. The number of phosphoric acid groups is 1. The Morgan fingerprint density at radius 3 is 1.50 bits per heavy atom. The van der Waals surface area contributed by atoms with Crippen LogP contribution in [0.1, 0.15) is 51.9 Å². The van der Waals surface area contributed by atoms with E-state index in [9.17, 15) is 14.2 Å². The van der Waals surface area contributed by atoms with Gasteiger partial charge in [0.15, 0.2) is 0 Å². The number of unbranched alkanes of at least 4 members (excludes halogenated alkanes) is 4. The molecule has 0 aromatic carbocycles. The highest BCUT2D eigenvalue weighted by Gasteiger charge is 2.25. The summed E-state index contributed by atoms with van der Waals surface area (Å²) in [5.74, 6) is -0.887. The number of esters is 2. The minimum absolute atomic E-state index is 0.230. The second kappa shape index (κ2) is 17.6. The highest BCUT2D eigenvalue weighted by atomic mass is 31.2. The van der Waals surface area contributed by atoms with Gasteiger partial charge >= 0.3 is 19.8 Å². The van der Waals surface area contributed by atoms with Crippen LogP contribution in [0.25, 0.3) is 0 Å². The first-order chi connectivity index (χ1) is 13.5. The molecule has 0 saturated carbocycles. The number of phosphoric ester groups is 1. The molecule has 28 heavy (non-hydrogen) atoms. The summed E-state index contributed by atoms with van der Waals surface area (Å²) in [4.78, 5) is 21.8. The fraction of sp³-hybridized carbons (Fsp3) is 0.684. The summed E-state index contributed by atoms with van der Waals surface area (Å²) in [6, 6.07) is 0. The summed E-state index contributed by atoms with van der Waals surface area (Å²) in [5.41, 5.74) is 0. The van der Waals surface area contributed by atoms with Crippen molar-refractivity contribution < 1.29 is 37.2 Å². The summed E-state index contributed by atoms with van der Waals surface area (Å²) >= 11 is 0. The standard InChI is InChI=1S/C19H33O8P/c1-4-13-25-28(22,26-16-11-7-9-14-23-18(20)5-2)27-17-12-8-10-15-24-19(21)6-3/h5-6H,2-4,7-17H2,1H3. The van der Waals surface area contributed by atoms with Crippen LogP contribution in [0.3, 0.4) is 0 Å². The quantitative estimate of drug-likeness (QED) is 0.132. The van der Waals surface area contributed by atoms with Crippen LogP contribution in [0.5, 0.6) is 0 Å². The lowest BCUT2D eigenvalue weighted by Gasteiger charge is -2.17. The Morgan fingerprint density at radius 2 is 1.11 bits per heavy atom. The van der Waals surface area contributed by atoms with Crippen LogP contribution >= 0.6 is 7.82 Å². The first kappa shape index (κ1) is 26.5. The molecule has 162 valence electrons. The second-order valence-corrected chi connectivity index (χ2v) is 7.48. The van der Waals surface area contributed by atoms with E-state index < -0.39 is 19.8 Å². The van der Waals surface area contributed by atoms with Gasteiger partial charge in [-0.25, -0.2) is 14.2 Å². The molecule has 0 aliphatic rings. The summed E-state index contributed by atoms with van der Waals surface area (Å²) in [7, 11) is -3.59. The average Bonchev–Trinajstić information content (AvgIpc) is 2.70. The summed E-state index contributed by atoms with van der Waals surface area (Å²) < 4.78 is 38.3. The molecule has 8 nitrogen and oxygen atoms in total. The van der Waals surface area contributed by atoms with E-state index in [0.717, 1.165) is 25.0 Å². The third-order valence-electron chi connectivity index (χ3n) is 3.35. The summed E-state index contributed by atoms with van der Waals surface area (Å²) in [6.45, 7) is 9.91. The van der Waals surface area contributed by atoms with Crippen molar-refractivity contribution in [1.82, 2.24) is 0 Å². The molecule has 0 atom stereocenters. The molecule has 0 aromatic heterocycles. The number of carbonyl (C=O) groups is 2. The maximum Gasteiger partial charge on any atom is 0.474 e. The van der Waals surface area contributed by atoms with Crippen molar-refractivity contribution in [3.63, 3.8) is 0 Å². The van der Waals surface area contributed by atoms with Gasteiger partial charge in [-0.1, -0.05) is 20.1 Å². The van der Waals surface area contributed by atoms with Gasteiger partial charge in [0.2, 0.25) is 0 Å². The van der Waals surface area contributed by atoms with E-state index in [-0.39, 0.29) is 19.8 Å². The Labute approximate surface area is 167 Å². The molecule has 0 saturated heterocycles. The van der Waals surface area contributed by atoms with Gasteiger partial charge in [0.25, 0.3) is 0 Å². The van der Waals surface area contributed by atoms with Gasteiger partial charge in [0.05, 0.1) is 33.0 Å². The van der Waals surface area contributed by atoms with Crippen LogP contribution < -0.4 is 0 Å². The van der Waals surface area contributed by atoms with Crippen LogP contribution in [0.4, 0.5) is 0 Å². The first-order valence-corrected chi connectivity index (χ1v) is 11.1. The molecule has 0 aliphatic heterocycles. The maximum absolute atomic E-state index is 12.6. The van der Waals surface area contributed by atoms with Crippen molar-refractivity contribution in [2.45, 2.75) is 51.9 Å². The van der Waals surface area contributed by atoms with E-state index in [1.807, 2.05) is 6.92 Å². The third kappa shape index (κ3) is 15.6. The maximum atomic E-state index is 12.6. The largest absolute Gasteiger partial charge is 0.474 e. The van der Waals surface area contributed by atoms with Crippen LogP contribution in [0, 0.1) is 0 Å². The topological polar surface area (TPSA) is 97.4 Å². The second-order valence-electron chi connectivity index (χ2n) is 5.81. The van der Waals surface area contributed by atoms with Gasteiger partial charge in [0.1, 0.15) is 0 Å². The van der Waals surface area contributed by atoms with E-state index in [1.165, 1.54) is 0 Å². The predicted molar refractivity (Wildman–Crippen MR) is 106 cm³/mol. The highest BCUT2D eigenvalue weighted by molar-refractivity contribution is 7.48. The van der Waals surface area contributed by atoms with Crippen LogP contribution in [-0.2, 0) is 37.2 Å². The van der Waals surface area contributed by atoms with E-state index in [4.69, 9.17) is 23.0 Å². The molecule has 0 amide bonds. The monoisotopic (exact) mass is 420 g/mol. The fourth-order valence-corrected chi connectivity index (χ4v) is 3.23. The van der Waals surface area contributed by atoms with Gasteiger partial charge in [0, 0.05) is 12.2 Å². The number of hydrogen-bond donors (Lipinski definition) is 0. The van der Waals surface area contributed by atoms with Crippen molar-refractivity contribution in [3.05, 3.63) is 25.3 Å². The van der Waals surface area contributed by atoms with Crippen molar-refractivity contribution in [3.8, 4) is 0 Å². The minimum Gasteiger partial charge on any atom is -0.463 e. The van der Waals surface area contributed by atoms with E-state index in [2.05, 4.69) is 13.2 Å². The molecular formula is C19H33O8P. The molecule has 0 heterocycles. The lowest BCUT2D eigenvalue weighted by molar-refractivity contribution is -0.138. The molecule has 0 aliphatic carbocycles. The average molecular weight is 420 g/mol. The summed E-state index contributed by atoms with van der Waals surface area (Å²) in [5, 5.41) is 0. The highest BCUT2D eigenvalue weighted by Crippen LogP contribution is 2.49. The van der Waals surface area contributed by atoms with Gasteiger partial charge in [-0.3, -0.25) is 13.6 Å². The third-order valence-corrected chi connectivity index (χ3v) is 4.85. The number of hydrogen-bond acceptors (Lipinski definition) is 8. The Bertz CT molecular complexity index is 468. The lowest BCUT2D eigenvalue weighted by Crippen LogP contribution is -2.05. The minimum atomic E-state index is -3.59. The molecule has 9 heteroatoms. The molecule has 0 N–H and O–H groups in total. The normalized spacial score (nSPS) is 11.0. The molecule has 0 radical (unpaired) electrons. The zero-order valence-corrected chi connectivity index (χ0v) is 17.7. The molecular weight excluding hydrogens is 387 g/mol. The Hall–Kier alpha value is -1.47. The van der Waals surface area contributed by atoms with Gasteiger partial charge in [-0.2, -0.15) is 0 Å². The van der Waals surface area contributed by atoms with Crippen LogP contribution in [0.15, 0.2) is 25.3 Å². The molecule has 0 fully saturated rings. The molecule has 0 bridgehead atoms. The van der Waals surface area contributed by atoms with Gasteiger partial charge in [-0.15, -0.1) is 0 Å². The van der Waals surface area contributed by atoms with Gasteiger partial charge < -0.3 is 9.47 Å². The molecule has 0 unspecified atom stereocenters. The first-order valence-electron chi connectivity index (χ1n) is 9.59. The van der Waals surface area contributed by atoms with Crippen molar-refractivity contribution in [2.75, 3.05) is 33.0 Å². The number of rotatable bonds is 19. The van der Waals surface area contributed by atoms with Crippen molar-refractivity contribution >= 4 is 19.8 Å². The van der Waals surface area contributed by atoms with Crippen molar-refractivity contribution in [1.29, 1.82) is 0 Å². The smallest absolute Gasteiger partial charge is 0.463 e. The Balaban J connectivity index is 3.93. The summed E-state index contributed by atoms with van der Waals surface area (Å²) in [6.07, 6.45) is 7.08. The predicted octanol–water partition coefficient (Wildman–Crippen LogP) is 4.35. The molecule has 0 aromatic rings. The zero-order valence-electron chi connectivity index (χ0n) is 16.8. The van der Waals surface area contributed by atoms with E-state index >= 15 is 0 Å². The van der Waals surface area contributed by atoms with E-state index in [0.29, 0.717) is 45.3 Å². The molecule has 0 spiro atoms.